The zero-order valence-corrected chi connectivity index (χ0v) is 10.2. The van der Waals surface area contributed by atoms with Gasteiger partial charge in [0.2, 0.25) is 0 Å². The zero-order valence-electron chi connectivity index (χ0n) is 9.38. The zero-order chi connectivity index (χ0) is 14.0. The van der Waals surface area contributed by atoms with Gasteiger partial charge in [-0.15, -0.1) is 0 Å². The van der Waals surface area contributed by atoms with Crippen LogP contribution in [0.25, 0.3) is 0 Å². The highest BCUT2D eigenvalue weighted by Gasteiger charge is 2.21. The average molecular weight is 281 g/mol. The van der Waals surface area contributed by atoms with E-state index >= 15 is 0 Å². The molecule has 0 aliphatic heterocycles. The number of nitrogens with one attached hydrogen (secondary N) is 1. The van der Waals surface area contributed by atoms with Crippen LogP contribution in [0.2, 0.25) is 0 Å². The van der Waals surface area contributed by atoms with E-state index in [9.17, 15) is 14.0 Å². The van der Waals surface area contributed by atoms with Gasteiger partial charge in [0.15, 0.2) is 5.69 Å². The fraction of sp³-hybridized carbons (Fsp3) is 0. The van der Waals surface area contributed by atoms with Crippen molar-refractivity contribution < 1.29 is 19.1 Å². The summed E-state index contributed by atoms with van der Waals surface area (Å²) in [6.07, 6.45) is 0. The first-order valence-electron chi connectivity index (χ1n) is 5.04. The molecule has 0 radical (unpaired) electrons. The molecule has 0 fully saturated rings. The fourth-order valence-corrected chi connectivity index (χ4v) is 2.02. The van der Waals surface area contributed by atoms with Crippen LogP contribution in [0.3, 0.4) is 0 Å². The Labute approximate surface area is 110 Å². The lowest BCUT2D eigenvalue weighted by molar-refractivity contribution is 0.0693. The summed E-state index contributed by atoms with van der Waals surface area (Å²) in [6, 6.07) is 5.13. The van der Waals surface area contributed by atoms with E-state index in [0.717, 1.165) is 0 Å². The summed E-state index contributed by atoms with van der Waals surface area (Å²) in [6.45, 7) is 0. The van der Waals surface area contributed by atoms with Crippen molar-refractivity contribution in [3.05, 3.63) is 40.7 Å². The van der Waals surface area contributed by atoms with Crippen LogP contribution in [0.4, 0.5) is 15.8 Å². The Morgan fingerprint density at radius 2 is 1.95 bits per heavy atom. The van der Waals surface area contributed by atoms with E-state index in [-0.39, 0.29) is 16.3 Å². The number of amides is 1. The Kier molecular flexibility index (Phi) is 3.43. The summed E-state index contributed by atoms with van der Waals surface area (Å²) < 4.78 is 16.3. The Morgan fingerprint density at radius 1 is 1.32 bits per heavy atom. The van der Waals surface area contributed by atoms with Crippen LogP contribution < -0.4 is 11.1 Å². The first-order valence-corrected chi connectivity index (χ1v) is 5.81. The minimum atomic E-state index is -1.30. The molecule has 19 heavy (non-hydrogen) atoms. The van der Waals surface area contributed by atoms with Crippen molar-refractivity contribution >= 4 is 34.8 Å². The predicted octanol–water partition coefficient (Wildman–Crippen LogP) is 1.81. The number of benzene rings is 1. The Hall–Kier alpha value is -2.48. The monoisotopic (exact) mass is 281 g/mol. The molecule has 1 amide bonds. The SMILES string of the molecule is Nc1c(C(=O)O)nsc1C(=O)Nc1ccc(F)cc1. The van der Waals surface area contributed by atoms with Crippen LogP contribution in [0.5, 0.6) is 0 Å². The van der Waals surface area contributed by atoms with Gasteiger partial charge < -0.3 is 16.2 Å². The number of hydrogen-bond donors (Lipinski definition) is 3. The number of nitrogen functional groups attached to an aromatic ring is 1. The standard InChI is InChI=1S/C11H8FN3O3S/c12-5-1-3-6(4-2-5)14-10(16)9-7(13)8(11(17)18)15-19-9/h1-4H,13H2,(H,14,16)(H,17,18). The Morgan fingerprint density at radius 3 is 2.47 bits per heavy atom. The summed E-state index contributed by atoms with van der Waals surface area (Å²) in [5.41, 5.74) is 5.36. The molecule has 0 aliphatic carbocycles. The predicted molar refractivity (Wildman–Crippen MR) is 67.8 cm³/mol. The molecule has 6 nitrogen and oxygen atoms in total. The largest absolute Gasteiger partial charge is 0.476 e. The smallest absolute Gasteiger partial charge is 0.357 e. The summed E-state index contributed by atoms with van der Waals surface area (Å²) in [5, 5.41) is 11.2. The summed E-state index contributed by atoms with van der Waals surface area (Å²) in [7, 11) is 0. The van der Waals surface area contributed by atoms with Crippen molar-refractivity contribution in [2.75, 3.05) is 11.1 Å². The molecule has 0 saturated heterocycles. The van der Waals surface area contributed by atoms with E-state index in [1.807, 2.05) is 0 Å². The topological polar surface area (TPSA) is 105 Å². The normalized spacial score (nSPS) is 10.2. The van der Waals surface area contributed by atoms with Gasteiger partial charge in [-0.05, 0) is 35.8 Å². The van der Waals surface area contributed by atoms with Crippen molar-refractivity contribution in [1.29, 1.82) is 0 Å². The van der Waals surface area contributed by atoms with Crippen molar-refractivity contribution in [2.45, 2.75) is 0 Å². The molecule has 1 aromatic carbocycles. The molecule has 0 spiro atoms. The van der Waals surface area contributed by atoms with Crippen LogP contribution >= 0.6 is 11.5 Å². The van der Waals surface area contributed by atoms with Gasteiger partial charge >= 0.3 is 5.97 Å². The van der Waals surface area contributed by atoms with Gasteiger partial charge in [-0.1, -0.05) is 0 Å². The number of carbonyl (C=O) groups excluding carboxylic acids is 1. The Balaban J connectivity index is 2.21. The third-order valence-electron chi connectivity index (χ3n) is 2.24. The number of nitrogens with two attached hydrogens (primary N) is 1. The number of anilines is 2. The van der Waals surface area contributed by atoms with Gasteiger partial charge in [0, 0.05) is 5.69 Å². The van der Waals surface area contributed by atoms with Gasteiger partial charge in [0.05, 0.1) is 5.69 Å². The fourth-order valence-electron chi connectivity index (χ4n) is 1.34. The molecule has 0 saturated carbocycles. The molecule has 0 bridgehead atoms. The molecule has 1 heterocycles. The number of hydrogen-bond acceptors (Lipinski definition) is 5. The minimum Gasteiger partial charge on any atom is -0.476 e. The second-order valence-corrected chi connectivity index (χ2v) is 4.31. The molecule has 8 heteroatoms. The third-order valence-corrected chi connectivity index (χ3v) is 3.10. The average Bonchev–Trinajstić information content (AvgIpc) is 2.74. The highest BCUT2D eigenvalue weighted by atomic mass is 32.1. The van der Waals surface area contributed by atoms with Crippen LogP contribution in [-0.2, 0) is 0 Å². The minimum absolute atomic E-state index is 0.00160. The molecule has 2 aromatic rings. The van der Waals surface area contributed by atoms with Gasteiger partial charge in [-0.3, -0.25) is 4.79 Å². The number of nitrogens with zero attached hydrogens (tertiary/aromatic N) is 1. The molecule has 2 rings (SSSR count). The number of halogens is 1. The van der Waals surface area contributed by atoms with Crippen molar-refractivity contribution in [1.82, 2.24) is 4.37 Å². The van der Waals surface area contributed by atoms with Gasteiger partial charge in [0.25, 0.3) is 5.91 Å². The number of carboxylic acids is 1. The third kappa shape index (κ3) is 2.68. The van der Waals surface area contributed by atoms with E-state index in [4.69, 9.17) is 10.8 Å². The molecule has 0 aliphatic rings. The highest BCUT2D eigenvalue weighted by Crippen LogP contribution is 2.23. The molecular weight excluding hydrogens is 273 g/mol. The lowest BCUT2D eigenvalue weighted by atomic mass is 10.2. The molecule has 98 valence electrons. The summed E-state index contributed by atoms with van der Waals surface area (Å²) >= 11 is 0.693. The maximum absolute atomic E-state index is 12.7. The van der Waals surface area contributed by atoms with Crippen LogP contribution in [0.1, 0.15) is 20.2 Å². The van der Waals surface area contributed by atoms with Crippen molar-refractivity contribution in [2.24, 2.45) is 0 Å². The highest BCUT2D eigenvalue weighted by molar-refractivity contribution is 7.09. The number of rotatable bonds is 3. The van der Waals surface area contributed by atoms with Gasteiger partial charge in [-0.25, -0.2) is 9.18 Å². The summed E-state index contributed by atoms with van der Waals surface area (Å²) in [4.78, 5) is 22.6. The lowest BCUT2D eigenvalue weighted by Crippen LogP contribution is -2.13. The van der Waals surface area contributed by atoms with Gasteiger partial charge in [-0.2, -0.15) is 4.37 Å². The van der Waals surface area contributed by atoms with Crippen LogP contribution in [-0.4, -0.2) is 21.4 Å². The lowest BCUT2D eigenvalue weighted by Gasteiger charge is -2.03. The van der Waals surface area contributed by atoms with E-state index in [1.54, 1.807) is 0 Å². The van der Waals surface area contributed by atoms with Crippen molar-refractivity contribution in [3.8, 4) is 0 Å². The second-order valence-electron chi connectivity index (χ2n) is 3.54. The molecular formula is C11H8FN3O3S. The van der Waals surface area contributed by atoms with Crippen LogP contribution in [0, 0.1) is 5.82 Å². The Bertz CT molecular complexity index is 639. The second kappa shape index (κ2) is 5.02. The maximum Gasteiger partial charge on any atom is 0.357 e. The van der Waals surface area contributed by atoms with E-state index in [2.05, 4.69) is 9.69 Å². The van der Waals surface area contributed by atoms with E-state index < -0.39 is 17.7 Å². The first-order chi connectivity index (χ1) is 8.99. The van der Waals surface area contributed by atoms with Gasteiger partial charge in [0.1, 0.15) is 10.7 Å². The van der Waals surface area contributed by atoms with Crippen molar-refractivity contribution in [3.63, 3.8) is 0 Å². The molecule has 0 atom stereocenters. The number of aromatic carboxylic acids is 1. The maximum atomic E-state index is 12.7. The number of carboxylic acid groups (broad SMARTS) is 1. The summed E-state index contributed by atoms with van der Waals surface area (Å²) in [5.74, 6) is -2.31. The van der Waals surface area contributed by atoms with Crippen LogP contribution in [0.15, 0.2) is 24.3 Å². The quantitative estimate of drug-likeness (QED) is 0.795. The molecule has 1 aromatic heterocycles. The van der Waals surface area contributed by atoms with E-state index in [0.29, 0.717) is 17.2 Å². The molecule has 0 unspecified atom stereocenters. The first kappa shape index (κ1) is 13.0. The molecule has 4 N–H and O–H groups in total. The number of aromatic nitrogens is 1. The van der Waals surface area contributed by atoms with E-state index in [1.165, 1.54) is 24.3 Å². The number of carbonyl (C=O) groups is 2.